The number of anilines is 1. The third-order valence-corrected chi connectivity index (χ3v) is 5.65. The van der Waals surface area contributed by atoms with Crippen molar-refractivity contribution >= 4 is 21.4 Å². The highest BCUT2D eigenvalue weighted by Crippen LogP contribution is 2.27. The Hall–Kier alpha value is -2.42. The Morgan fingerprint density at radius 1 is 1.30 bits per heavy atom. The van der Waals surface area contributed by atoms with E-state index in [0.29, 0.717) is 24.6 Å². The minimum absolute atomic E-state index is 0.0543. The van der Waals surface area contributed by atoms with Crippen molar-refractivity contribution < 1.29 is 22.8 Å². The molecule has 9 heteroatoms. The van der Waals surface area contributed by atoms with Gasteiger partial charge in [-0.15, -0.1) is 0 Å². The zero-order chi connectivity index (χ0) is 20.2. The SMILES string of the molecule is CCS(=O)(=O)c1ccc(O)c(NC(=O)CCCc2nc(C(C)(C)C)no2)c1. The topological polar surface area (TPSA) is 122 Å². The molecule has 0 atom stereocenters. The number of benzene rings is 1. The first-order chi connectivity index (χ1) is 12.5. The number of sulfone groups is 1. The van der Waals surface area contributed by atoms with Crippen LogP contribution in [0.3, 0.4) is 0 Å². The summed E-state index contributed by atoms with van der Waals surface area (Å²) in [5.74, 6) is 0.482. The van der Waals surface area contributed by atoms with Gasteiger partial charge in [-0.3, -0.25) is 4.79 Å². The van der Waals surface area contributed by atoms with Gasteiger partial charge in [-0.2, -0.15) is 4.98 Å². The molecular weight excluding hydrogens is 370 g/mol. The van der Waals surface area contributed by atoms with Crippen molar-refractivity contribution in [3.8, 4) is 5.75 Å². The second kappa shape index (κ2) is 8.08. The van der Waals surface area contributed by atoms with Gasteiger partial charge in [0.25, 0.3) is 0 Å². The summed E-state index contributed by atoms with van der Waals surface area (Å²) in [6.45, 7) is 7.47. The molecule has 1 amide bonds. The molecule has 2 rings (SSSR count). The van der Waals surface area contributed by atoms with Gasteiger partial charge in [-0.05, 0) is 24.6 Å². The van der Waals surface area contributed by atoms with Crippen molar-refractivity contribution in [3.63, 3.8) is 0 Å². The van der Waals surface area contributed by atoms with Gasteiger partial charge in [-0.1, -0.05) is 32.9 Å². The zero-order valence-corrected chi connectivity index (χ0v) is 16.8. The van der Waals surface area contributed by atoms with Crippen molar-refractivity contribution in [2.75, 3.05) is 11.1 Å². The molecule has 0 saturated carbocycles. The molecule has 0 bridgehead atoms. The fourth-order valence-electron chi connectivity index (χ4n) is 2.25. The molecule has 8 nitrogen and oxygen atoms in total. The predicted molar refractivity (Wildman–Crippen MR) is 100 cm³/mol. The molecule has 1 aromatic carbocycles. The van der Waals surface area contributed by atoms with Gasteiger partial charge in [-0.25, -0.2) is 8.42 Å². The van der Waals surface area contributed by atoms with Crippen LogP contribution >= 0.6 is 0 Å². The number of carbonyl (C=O) groups is 1. The van der Waals surface area contributed by atoms with E-state index >= 15 is 0 Å². The summed E-state index contributed by atoms with van der Waals surface area (Å²) in [5, 5.41) is 16.3. The lowest BCUT2D eigenvalue weighted by Gasteiger charge is -2.10. The quantitative estimate of drug-likeness (QED) is 0.691. The molecule has 0 fully saturated rings. The Labute approximate surface area is 158 Å². The van der Waals surface area contributed by atoms with Crippen molar-refractivity contribution in [1.82, 2.24) is 10.1 Å². The normalized spacial score (nSPS) is 12.1. The molecule has 0 aliphatic carbocycles. The highest BCUT2D eigenvalue weighted by Gasteiger charge is 2.21. The fourth-order valence-corrected chi connectivity index (χ4v) is 3.16. The lowest BCUT2D eigenvalue weighted by Crippen LogP contribution is -2.13. The van der Waals surface area contributed by atoms with Crippen LogP contribution < -0.4 is 5.32 Å². The van der Waals surface area contributed by atoms with E-state index in [-0.39, 0.29) is 39.8 Å². The van der Waals surface area contributed by atoms with Crippen LogP contribution in [0.25, 0.3) is 0 Å². The van der Waals surface area contributed by atoms with Crippen LogP contribution in [0.2, 0.25) is 0 Å². The van der Waals surface area contributed by atoms with E-state index in [1.165, 1.54) is 25.1 Å². The summed E-state index contributed by atoms with van der Waals surface area (Å²) in [5.41, 5.74) is -0.136. The van der Waals surface area contributed by atoms with Crippen LogP contribution in [0, 0.1) is 0 Å². The standard InChI is InChI=1S/C18H25N3O5S/c1-5-27(24,25)12-9-10-14(22)13(11-12)19-15(23)7-6-8-16-20-17(21-26-16)18(2,3)4/h9-11,22H,5-8H2,1-4H3,(H,19,23). The van der Waals surface area contributed by atoms with Gasteiger partial charge in [0.05, 0.1) is 16.3 Å². The Morgan fingerprint density at radius 2 is 2.00 bits per heavy atom. The molecule has 1 aromatic heterocycles. The van der Waals surface area contributed by atoms with E-state index < -0.39 is 9.84 Å². The number of nitrogens with zero attached hydrogens (tertiary/aromatic N) is 2. The predicted octanol–water partition coefficient (Wildman–Crippen LogP) is 2.83. The van der Waals surface area contributed by atoms with Crippen LogP contribution in [0.4, 0.5) is 5.69 Å². The lowest BCUT2D eigenvalue weighted by atomic mass is 9.96. The van der Waals surface area contributed by atoms with Crippen molar-refractivity contribution in [1.29, 1.82) is 0 Å². The molecule has 0 spiro atoms. The molecule has 2 aromatic rings. The van der Waals surface area contributed by atoms with Crippen molar-refractivity contribution in [3.05, 3.63) is 29.9 Å². The summed E-state index contributed by atoms with van der Waals surface area (Å²) >= 11 is 0. The summed E-state index contributed by atoms with van der Waals surface area (Å²) < 4.78 is 29.0. The van der Waals surface area contributed by atoms with Crippen LogP contribution in [-0.4, -0.2) is 35.3 Å². The van der Waals surface area contributed by atoms with Gasteiger partial charge in [0, 0.05) is 18.3 Å². The van der Waals surface area contributed by atoms with Gasteiger partial charge >= 0.3 is 0 Å². The largest absolute Gasteiger partial charge is 0.506 e. The van der Waals surface area contributed by atoms with Crippen LogP contribution in [0.15, 0.2) is 27.6 Å². The Bertz CT molecular complexity index is 913. The maximum atomic E-state index is 12.1. The van der Waals surface area contributed by atoms with Crippen LogP contribution in [0.1, 0.15) is 52.3 Å². The minimum Gasteiger partial charge on any atom is -0.506 e. The molecule has 0 aliphatic rings. The highest BCUT2D eigenvalue weighted by atomic mass is 32.2. The molecular formula is C18H25N3O5S. The summed E-state index contributed by atoms with van der Waals surface area (Å²) in [6, 6.07) is 3.83. The molecule has 1 heterocycles. The summed E-state index contributed by atoms with van der Waals surface area (Å²) in [4.78, 5) is 16.5. The zero-order valence-electron chi connectivity index (χ0n) is 15.9. The third-order valence-electron chi connectivity index (χ3n) is 3.91. The van der Waals surface area contributed by atoms with Gasteiger partial charge in [0.2, 0.25) is 11.8 Å². The van der Waals surface area contributed by atoms with E-state index in [1.54, 1.807) is 0 Å². The Balaban J connectivity index is 1.94. The summed E-state index contributed by atoms with van der Waals surface area (Å²) in [6.07, 6.45) is 1.09. The molecule has 0 radical (unpaired) electrons. The van der Waals surface area contributed by atoms with Gasteiger partial charge in [0.1, 0.15) is 5.75 Å². The number of aromatic nitrogens is 2. The fraction of sp³-hybridized carbons (Fsp3) is 0.500. The number of hydrogen-bond acceptors (Lipinski definition) is 7. The maximum Gasteiger partial charge on any atom is 0.226 e. The lowest BCUT2D eigenvalue weighted by molar-refractivity contribution is -0.116. The third kappa shape index (κ3) is 5.53. The minimum atomic E-state index is -3.43. The van der Waals surface area contributed by atoms with E-state index in [2.05, 4.69) is 15.5 Å². The van der Waals surface area contributed by atoms with Gasteiger partial charge < -0.3 is 14.9 Å². The first kappa shape index (κ1) is 20.9. The molecule has 0 saturated heterocycles. The number of carbonyl (C=O) groups excluding carboxylic acids is 1. The maximum absolute atomic E-state index is 12.1. The number of nitrogens with one attached hydrogen (secondary N) is 1. The van der Waals surface area contributed by atoms with E-state index in [9.17, 15) is 18.3 Å². The van der Waals surface area contributed by atoms with Crippen LogP contribution in [0.5, 0.6) is 5.75 Å². The van der Waals surface area contributed by atoms with E-state index in [4.69, 9.17) is 4.52 Å². The number of hydrogen-bond donors (Lipinski definition) is 2. The number of aromatic hydroxyl groups is 1. The van der Waals surface area contributed by atoms with E-state index in [1.807, 2.05) is 20.8 Å². The molecule has 0 aliphatic heterocycles. The van der Waals surface area contributed by atoms with Crippen LogP contribution in [-0.2, 0) is 26.5 Å². The second-order valence-electron chi connectivity index (χ2n) is 7.25. The number of phenols is 1. The Kier molecular flexibility index (Phi) is 6.25. The first-order valence-corrected chi connectivity index (χ1v) is 10.4. The number of phenolic OH excluding ortho intramolecular Hbond substituents is 1. The number of rotatable bonds is 7. The molecule has 0 unspecified atom stereocenters. The van der Waals surface area contributed by atoms with Gasteiger partial charge in [0.15, 0.2) is 15.7 Å². The number of aryl methyl sites for hydroxylation is 1. The smallest absolute Gasteiger partial charge is 0.226 e. The average Bonchev–Trinajstić information content (AvgIpc) is 3.06. The molecule has 2 N–H and O–H groups in total. The average molecular weight is 395 g/mol. The summed E-state index contributed by atoms with van der Waals surface area (Å²) in [7, 11) is -3.43. The second-order valence-corrected chi connectivity index (χ2v) is 9.52. The monoisotopic (exact) mass is 395 g/mol. The molecule has 27 heavy (non-hydrogen) atoms. The highest BCUT2D eigenvalue weighted by molar-refractivity contribution is 7.91. The van der Waals surface area contributed by atoms with Crippen molar-refractivity contribution in [2.24, 2.45) is 0 Å². The Morgan fingerprint density at radius 3 is 2.59 bits per heavy atom. The van der Waals surface area contributed by atoms with E-state index in [0.717, 1.165) is 0 Å². The molecule has 148 valence electrons. The first-order valence-electron chi connectivity index (χ1n) is 8.71. The van der Waals surface area contributed by atoms with Crippen molar-refractivity contribution in [2.45, 2.75) is 57.3 Å². The number of amides is 1.